The van der Waals surface area contributed by atoms with Gasteiger partial charge < -0.3 is 19.5 Å². The summed E-state index contributed by atoms with van der Waals surface area (Å²) in [5, 5.41) is 3.65. The molecule has 0 radical (unpaired) electrons. The van der Waals surface area contributed by atoms with Gasteiger partial charge in [0.2, 0.25) is 0 Å². The third kappa shape index (κ3) is 4.76. The highest BCUT2D eigenvalue weighted by molar-refractivity contribution is 7.17. The first-order chi connectivity index (χ1) is 16.0. The average Bonchev–Trinajstić information content (AvgIpc) is 3.46. The minimum absolute atomic E-state index is 0.153. The summed E-state index contributed by atoms with van der Waals surface area (Å²) < 4.78 is 6.00. The molecule has 6 nitrogen and oxygen atoms in total. The zero-order valence-electron chi connectivity index (χ0n) is 18.5. The van der Waals surface area contributed by atoms with Gasteiger partial charge >= 0.3 is 0 Å². The van der Waals surface area contributed by atoms with E-state index < -0.39 is 0 Å². The van der Waals surface area contributed by atoms with Crippen LogP contribution in [0.5, 0.6) is 0 Å². The Kier molecular flexibility index (Phi) is 6.10. The van der Waals surface area contributed by atoms with E-state index in [1.165, 1.54) is 11.3 Å². The maximum atomic E-state index is 12.8. The van der Waals surface area contributed by atoms with E-state index in [1.807, 2.05) is 61.6 Å². The fourth-order valence-electron chi connectivity index (χ4n) is 4.13. The summed E-state index contributed by atoms with van der Waals surface area (Å²) in [5.41, 5.74) is 3.12. The number of carbonyl (C=O) groups is 1. The number of benzene rings is 2. The van der Waals surface area contributed by atoms with Gasteiger partial charge in [-0.3, -0.25) is 4.79 Å². The Labute approximate surface area is 201 Å². The van der Waals surface area contributed by atoms with E-state index in [2.05, 4.69) is 27.1 Å². The molecule has 1 fully saturated rings. The second-order valence-electron chi connectivity index (χ2n) is 8.45. The number of anilines is 2. The van der Waals surface area contributed by atoms with E-state index in [0.717, 1.165) is 41.9 Å². The predicted molar refractivity (Wildman–Crippen MR) is 136 cm³/mol. The predicted octanol–water partition coefficient (Wildman–Crippen LogP) is 5.99. The lowest BCUT2D eigenvalue weighted by molar-refractivity contribution is 0.103. The van der Waals surface area contributed by atoms with Gasteiger partial charge in [0.15, 0.2) is 5.58 Å². The molecule has 8 heteroatoms. The molecule has 2 aromatic carbocycles. The van der Waals surface area contributed by atoms with Crippen LogP contribution < -0.4 is 10.2 Å². The van der Waals surface area contributed by atoms with Crippen LogP contribution >= 0.6 is 22.9 Å². The molecule has 0 bridgehead atoms. The molecule has 170 valence electrons. The Balaban J connectivity index is 1.30. The molecule has 2 aromatic heterocycles. The zero-order valence-corrected chi connectivity index (χ0v) is 20.1. The van der Waals surface area contributed by atoms with Crippen LogP contribution in [0.3, 0.4) is 0 Å². The second kappa shape index (κ2) is 9.17. The minimum atomic E-state index is -0.153. The average molecular weight is 481 g/mol. The van der Waals surface area contributed by atoms with Crippen molar-refractivity contribution >= 4 is 51.6 Å². The number of amides is 1. The van der Waals surface area contributed by atoms with Crippen molar-refractivity contribution in [3.05, 3.63) is 64.5 Å². The van der Waals surface area contributed by atoms with E-state index in [1.54, 1.807) is 0 Å². The topological polar surface area (TPSA) is 61.6 Å². The fourth-order valence-corrected chi connectivity index (χ4v) is 5.22. The summed E-state index contributed by atoms with van der Waals surface area (Å²) in [4.78, 5) is 23.6. The number of nitrogens with one attached hydrogen (secondary N) is 1. The first kappa shape index (κ1) is 21.9. The van der Waals surface area contributed by atoms with Gasteiger partial charge in [-0.2, -0.15) is 4.98 Å². The van der Waals surface area contributed by atoms with Gasteiger partial charge in [-0.05, 0) is 81.0 Å². The number of hydrogen-bond acceptors (Lipinski definition) is 6. The van der Waals surface area contributed by atoms with Gasteiger partial charge in [0.25, 0.3) is 11.9 Å². The Morgan fingerprint density at radius 3 is 2.79 bits per heavy atom. The molecule has 1 saturated heterocycles. The Morgan fingerprint density at radius 1 is 1.18 bits per heavy atom. The van der Waals surface area contributed by atoms with Crippen LogP contribution in [0, 0.1) is 0 Å². The third-order valence-corrected chi connectivity index (χ3v) is 7.48. The van der Waals surface area contributed by atoms with E-state index in [-0.39, 0.29) is 5.91 Å². The summed E-state index contributed by atoms with van der Waals surface area (Å²) in [7, 11) is 4.19. The summed E-state index contributed by atoms with van der Waals surface area (Å²) in [5.74, 6) is -0.153. The molecule has 0 unspecified atom stereocenters. The van der Waals surface area contributed by atoms with Crippen molar-refractivity contribution < 1.29 is 9.21 Å². The standard InChI is InChI=1S/C25H25ClN4O2S/c1-29-12-10-19(11-13-29)30(2)25-28-20-15-18(6-7-21(20)32-25)27-24(31)23-9-8-22(33-23)16-4-3-5-17(26)14-16/h3-9,14-15,19H,10-13H2,1-2H3,(H,27,31). The van der Waals surface area contributed by atoms with Gasteiger partial charge in [0, 0.05) is 28.7 Å². The number of oxazole rings is 1. The highest BCUT2D eigenvalue weighted by Crippen LogP contribution is 2.31. The van der Waals surface area contributed by atoms with Crippen LogP contribution in [-0.4, -0.2) is 49.0 Å². The first-order valence-electron chi connectivity index (χ1n) is 11.0. The number of piperidine rings is 1. The van der Waals surface area contributed by atoms with Gasteiger partial charge in [0.1, 0.15) is 5.52 Å². The number of carbonyl (C=O) groups excluding carboxylic acids is 1. The molecular formula is C25H25ClN4O2S. The highest BCUT2D eigenvalue weighted by atomic mass is 35.5. The number of rotatable bonds is 5. The molecule has 0 spiro atoms. The SMILES string of the molecule is CN1CCC(N(C)c2nc3cc(NC(=O)c4ccc(-c5cccc(Cl)c5)s4)ccc3o2)CC1. The maximum Gasteiger partial charge on any atom is 0.298 e. The lowest BCUT2D eigenvalue weighted by atomic mass is 10.0. The Morgan fingerprint density at radius 2 is 2.00 bits per heavy atom. The molecule has 4 aromatic rings. The van der Waals surface area contributed by atoms with Crippen molar-refractivity contribution in [1.29, 1.82) is 0 Å². The number of thiophene rings is 1. The Bertz CT molecular complexity index is 1290. The normalized spacial score (nSPS) is 15.1. The third-order valence-electron chi connectivity index (χ3n) is 6.11. The summed E-state index contributed by atoms with van der Waals surface area (Å²) in [6, 6.07) is 18.0. The molecule has 1 N–H and O–H groups in total. The maximum absolute atomic E-state index is 12.8. The first-order valence-corrected chi connectivity index (χ1v) is 12.1. The monoisotopic (exact) mass is 480 g/mol. The molecule has 0 saturated carbocycles. The van der Waals surface area contributed by atoms with E-state index >= 15 is 0 Å². The van der Waals surface area contributed by atoms with Crippen molar-refractivity contribution in [2.75, 3.05) is 37.4 Å². The summed E-state index contributed by atoms with van der Waals surface area (Å²) >= 11 is 7.53. The minimum Gasteiger partial charge on any atom is -0.423 e. The van der Waals surface area contributed by atoms with Gasteiger partial charge in [-0.25, -0.2) is 0 Å². The van der Waals surface area contributed by atoms with Crippen molar-refractivity contribution in [3.8, 4) is 10.4 Å². The van der Waals surface area contributed by atoms with Gasteiger partial charge in [0.05, 0.1) is 4.88 Å². The lowest BCUT2D eigenvalue weighted by Crippen LogP contribution is -2.42. The quantitative estimate of drug-likeness (QED) is 0.380. The van der Waals surface area contributed by atoms with E-state index in [0.29, 0.717) is 33.2 Å². The zero-order chi connectivity index (χ0) is 22.9. The fraction of sp³-hybridized carbons (Fsp3) is 0.280. The number of hydrogen-bond donors (Lipinski definition) is 1. The van der Waals surface area contributed by atoms with Crippen LogP contribution in [0.1, 0.15) is 22.5 Å². The number of aromatic nitrogens is 1. The molecule has 33 heavy (non-hydrogen) atoms. The number of halogens is 1. The molecule has 0 aliphatic carbocycles. The smallest absolute Gasteiger partial charge is 0.298 e. The van der Waals surface area contributed by atoms with Gasteiger partial charge in [-0.15, -0.1) is 11.3 Å². The molecule has 1 aliphatic rings. The molecule has 1 aliphatic heterocycles. The lowest BCUT2D eigenvalue weighted by Gasteiger charge is -2.34. The second-order valence-corrected chi connectivity index (χ2v) is 9.97. The molecule has 5 rings (SSSR count). The van der Waals surface area contributed by atoms with Crippen molar-refractivity contribution in [1.82, 2.24) is 9.88 Å². The molecule has 3 heterocycles. The number of fused-ring (bicyclic) bond motifs is 1. The summed E-state index contributed by atoms with van der Waals surface area (Å²) in [6.45, 7) is 2.15. The van der Waals surface area contributed by atoms with Crippen LogP contribution in [-0.2, 0) is 0 Å². The largest absolute Gasteiger partial charge is 0.423 e. The van der Waals surface area contributed by atoms with Crippen molar-refractivity contribution in [2.45, 2.75) is 18.9 Å². The number of likely N-dealkylation sites (tertiary alicyclic amines) is 1. The van der Waals surface area contributed by atoms with Crippen LogP contribution in [0.4, 0.5) is 11.7 Å². The van der Waals surface area contributed by atoms with Crippen LogP contribution in [0.25, 0.3) is 21.5 Å². The summed E-state index contributed by atoms with van der Waals surface area (Å²) in [6.07, 6.45) is 2.18. The van der Waals surface area contributed by atoms with E-state index in [9.17, 15) is 4.79 Å². The Hall–Kier alpha value is -2.87. The van der Waals surface area contributed by atoms with E-state index in [4.69, 9.17) is 16.0 Å². The molecular weight excluding hydrogens is 456 g/mol. The van der Waals surface area contributed by atoms with Crippen molar-refractivity contribution in [2.24, 2.45) is 0 Å². The highest BCUT2D eigenvalue weighted by Gasteiger charge is 2.24. The van der Waals surface area contributed by atoms with Gasteiger partial charge in [-0.1, -0.05) is 23.7 Å². The van der Waals surface area contributed by atoms with Crippen LogP contribution in [0.15, 0.2) is 59.0 Å². The molecule has 0 atom stereocenters. The number of nitrogens with zero attached hydrogens (tertiary/aromatic N) is 3. The van der Waals surface area contributed by atoms with Crippen LogP contribution in [0.2, 0.25) is 5.02 Å². The molecule has 1 amide bonds. The van der Waals surface area contributed by atoms with Crippen molar-refractivity contribution in [3.63, 3.8) is 0 Å².